The monoisotopic (exact) mass is 557 g/mol. The molecule has 2 heterocycles. The summed E-state index contributed by atoms with van der Waals surface area (Å²) in [5, 5.41) is 7.66. The summed E-state index contributed by atoms with van der Waals surface area (Å²) < 4.78 is 10.8. The van der Waals surface area contributed by atoms with Crippen LogP contribution in [0.1, 0.15) is 13.3 Å². The first-order valence-corrected chi connectivity index (χ1v) is 12.9. The zero-order chi connectivity index (χ0) is 27.4. The number of ether oxygens (including phenoxy) is 2. The van der Waals surface area contributed by atoms with Gasteiger partial charge in [-0.15, -0.1) is 0 Å². The number of nitrogens with zero attached hydrogens (tertiary/aromatic N) is 3. The van der Waals surface area contributed by atoms with Gasteiger partial charge in [-0.3, -0.25) is 4.79 Å². The molecule has 200 valence electrons. The number of benzene rings is 2. The summed E-state index contributed by atoms with van der Waals surface area (Å²) in [4.78, 5) is 35.4. The van der Waals surface area contributed by atoms with E-state index in [9.17, 15) is 9.59 Å². The summed E-state index contributed by atoms with van der Waals surface area (Å²) in [6.07, 6.45) is 3.29. The van der Waals surface area contributed by atoms with E-state index in [-0.39, 0.29) is 30.2 Å². The minimum absolute atomic E-state index is 0.0713. The Hall–Kier alpha value is -3.56. The molecule has 3 aromatic rings. The van der Waals surface area contributed by atoms with Crippen molar-refractivity contribution in [3.8, 4) is 22.6 Å². The van der Waals surface area contributed by atoms with Crippen molar-refractivity contribution in [2.75, 3.05) is 39.2 Å². The number of carbonyl (C=O) groups is 2. The Bertz CT molecular complexity index is 1360. The Morgan fingerprint density at radius 1 is 1.16 bits per heavy atom. The molecule has 0 bridgehead atoms. The largest absolute Gasteiger partial charge is 0.495 e. The van der Waals surface area contributed by atoms with Crippen molar-refractivity contribution in [1.82, 2.24) is 20.2 Å². The van der Waals surface area contributed by atoms with E-state index in [1.54, 1.807) is 17.2 Å². The Morgan fingerprint density at radius 3 is 2.50 bits per heavy atom. The Balaban J connectivity index is 1.62. The standard InChI is InChI=1S/C27H29Cl2N5O4/c1-5-18(35)10-17-13-34(27(36)30-6-2)14-20(17)33-26-31-12-16-9-15(7-8-19(16)32-26)23-24(28)21(37-3)11-22(38-4)25(23)29/h5,7-9,11-12,17,20H,1,6,10,13-14H2,2-4H3,(H,30,36)(H,31,32,33). The van der Waals surface area contributed by atoms with E-state index in [1.807, 2.05) is 25.1 Å². The summed E-state index contributed by atoms with van der Waals surface area (Å²) in [6, 6.07) is 6.89. The number of halogens is 2. The summed E-state index contributed by atoms with van der Waals surface area (Å²) in [6.45, 7) is 6.84. The van der Waals surface area contributed by atoms with Crippen molar-refractivity contribution in [1.29, 1.82) is 0 Å². The zero-order valence-electron chi connectivity index (χ0n) is 21.4. The van der Waals surface area contributed by atoms with Gasteiger partial charge in [0.25, 0.3) is 0 Å². The predicted octanol–water partition coefficient (Wildman–Crippen LogP) is 5.21. The van der Waals surface area contributed by atoms with Gasteiger partial charge < -0.3 is 25.0 Å². The first-order valence-electron chi connectivity index (χ1n) is 12.1. The SMILES string of the molecule is C=CC(=O)CC1CN(C(=O)NCC)CC1Nc1ncc2cc(-c3c(Cl)c(OC)cc(OC)c3Cl)ccc2n1. The van der Waals surface area contributed by atoms with Crippen LogP contribution in [0, 0.1) is 5.92 Å². The van der Waals surface area contributed by atoms with Crippen molar-refractivity contribution in [2.24, 2.45) is 5.92 Å². The molecule has 0 spiro atoms. The van der Waals surface area contributed by atoms with Crippen LogP contribution < -0.4 is 20.1 Å². The molecule has 4 rings (SSSR count). The average Bonchev–Trinajstić information content (AvgIpc) is 3.31. The third-order valence-corrected chi connectivity index (χ3v) is 7.25. The molecule has 2 aromatic carbocycles. The maximum Gasteiger partial charge on any atom is 0.317 e. The second-order valence-electron chi connectivity index (χ2n) is 8.88. The van der Waals surface area contributed by atoms with Crippen molar-refractivity contribution in [3.63, 3.8) is 0 Å². The number of ketones is 1. The molecule has 1 aliphatic rings. The second kappa shape index (κ2) is 11.9. The highest BCUT2D eigenvalue weighted by Crippen LogP contribution is 2.46. The predicted molar refractivity (Wildman–Crippen MR) is 149 cm³/mol. The molecule has 0 radical (unpaired) electrons. The maximum atomic E-state index is 12.4. The number of methoxy groups -OCH3 is 2. The molecule has 1 saturated heterocycles. The second-order valence-corrected chi connectivity index (χ2v) is 9.63. The van der Waals surface area contributed by atoms with Crippen molar-refractivity contribution in [3.05, 3.63) is 53.2 Å². The van der Waals surface area contributed by atoms with Gasteiger partial charge in [0.2, 0.25) is 5.95 Å². The van der Waals surface area contributed by atoms with Gasteiger partial charge in [0.1, 0.15) is 11.5 Å². The van der Waals surface area contributed by atoms with Gasteiger partial charge in [-0.2, -0.15) is 0 Å². The lowest BCUT2D eigenvalue weighted by molar-refractivity contribution is -0.115. The van der Waals surface area contributed by atoms with E-state index in [4.69, 9.17) is 32.7 Å². The number of urea groups is 1. The van der Waals surface area contributed by atoms with E-state index in [1.165, 1.54) is 20.3 Å². The van der Waals surface area contributed by atoms with E-state index in [0.717, 1.165) is 10.9 Å². The molecular formula is C27H29Cl2N5O4. The zero-order valence-corrected chi connectivity index (χ0v) is 22.9. The molecular weight excluding hydrogens is 529 g/mol. The topological polar surface area (TPSA) is 106 Å². The number of fused-ring (bicyclic) bond motifs is 1. The molecule has 38 heavy (non-hydrogen) atoms. The normalized spacial score (nSPS) is 16.8. The summed E-state index contributed by atoms with van der Waals surface area (Å²) >= 11 is 13.2. The molecule has 2 N–H and O–H groups in total. The lowest BCUT2D eigenvalue weighted by Gasteiger charge is -2.19. The van der Waals surface area contributed by atoms with Crippen LogP contribution in [0.4, 0.5) is 10.7 Å². The summed E-state index contributed by atoms with van der Waals surface area (Å²) in [7, 11) is 3.05. The van der Waals surface area contributed by atoms with Crippen LogP contribution in [0.25, 0.3) is 22.0 Å². The lowest BCUT2D eigenvalue weighted by Crippen LogP contribution is -2.39. The van der Waals surface area contributed by atoms with Crippen molar-refractivity contribution < 1.29 is 19.1 Å². The van der Waals surface area contributed by atoms with Gasteiger partial charge in [-0.1, -0.05) is 35.8 Å². The lowest BCUT2D eigenvalue weighted by atomic mass is 9.97. The number of anilines is 1. The fourth-order valence-corrected chi connectivity index (χ4v) is 5.29. The van der Waals surface area contributed by atoms with Gasteiger partial charge in [0.05, 0.1) is 35.8 Å². The number of amides is 2. The number of hydrogen-bond acceptors (Lipinski definition) is 7. The third kappa shape index (κ3) is 5.63. The van der Waals surface area contributed by atoms with Crippen LogP contribution in [0.3, 0.4) is 0 Å². The molecule has 1 fully saturated rings. The maximum absolute atomic E-state index is 12.4. The van der Waals surface area contributed by atoms with Crippen molar-refractivity contribution >= 4 is 51.9 Å². The molecule has 2 unspecified atom stereocenters. The highest BCUT2D eigenvalue weighted by Gasteiger charge is 2.36. The number of hydrogen-bond donors (Lipinski definition) is 2. The number of likely N-dealkylation sites (tertiary alicyclic amines) is 1. The first-order chi connectivity index (χ1) is 18.3. The number of allylic oxidation sites excluding steroid dienone is 1. The molecule has 2 atom stereocenters. The minimum atomic E-state index is -0.194. The summed E-state index contributed by atoms with van der Waals surface area (Å²) in [5.74, 6) is 1.13. The Morgan fingerprint density at radius 2 is 1.87 bits per heavy atom. The molecule has 11 heteroatoms. The Kier molecular flexibility index (Phi) is 8.58. The Labute approximate surface area is 231 Å². The fraction of sp³-hybridized carbons (Fsp3) is 0.333. The molecule has 1 aliphatic heterocycles. The number of carbonyl (C=O) groups excluding carboxylic acids is 2. The van der Waals surface area contributed by atoms with Crippen LogP contribution in [-0.2, 0) is 4.79 Å². The van der Waals surface area contributed by atoms with Gasteiger partial charge in [-0.05, 0) is 30.7 Å². The number of nitrogens with one attached hydrogen (secondary N) is 2. The van der Waals surface area contributed by atoms with Gasteiger partial charge >= 0.3 is 6.03 Å². The highest BCUT2D eigenvalue weighted by molar-refractivity contribution is 6.41. The third-order valence-electron chi connectivity index (χ3n) is 6.50. The summed E-state index contributed by atoms with van der Waals surface area (Å²) in [5.41, 5.74) is 2.04. The molecule has 1 aromatic heterocycles. The quantitative estimate of drug-likeness (QED) is 0.348. The minimum Gasteiger partial charge on any atom is -0.495 e. The van der Waals surface area contributed by atoms with Crippen LogP contribution in [0.2, 0.25) is 10.0 Å². The van der Waals surface area contributed by atoms with Gasteiger partial charge in [0, 0.05) is 55.2 Å². The van der Waals surface area contributed by atoms with E-state index in [2.05, 4.69) is 27.2 Å². The van der Waals surface area contributed by atoms with Crippen LogP contribution in [0.5, 0.6) is 11.5 Å². The highest BCUT2D eigenvalue weighted by atomic mass is 35.5. The molecule has 0 saturated carbocycles. The van der Waals surface area contributed by atoms with E-state index < -0.39 is 0 Å². The van der Waals surface area contributed by atoms with Crippen LogP contribution >= 0.6 is 23.2 Å². The first kappa shape index (κ1) is 27.5. The smallest absolute Gasteiger partial charge is 0.317 e. The van der Waals surface area contributed by atoms with Crippen molar-refractivity contribution in [2.45, 2.75) is 19.4 Å². The van der Waals surface area contributed by atoms with Gasteiger partial charge in [-0.25, -0.2) is 14.8 Å². The molecule has 9 nitrogen and oxygen atoms in total. The van der Waals surface area contributed by atoms with Gasteiger partial charge in [0.15, 0.2) is 5.78 Å². The van der Waals surface area contributed by atoms with Crippen LogP contribution in [0.15, 0.2) is 43.1 Å². The number of aromatic nitrogens is 2. The molecule has 0 aliphatic carbocycles. The molecule has 2 amide bonds. The van der Waals surface area contributed by atoms with E-state index in [0.29, 0.717) is 58.2 Å². The van der Waals surface area contributed by atoms with E-state index >= 15 is 0 Å². The van der Waals surface area contributed by atoms with Crippen LogP contribution in [-0.4, -0.2) is 66.6 Å². The number of rotatable bonds is 9. The average molecular weight is 558 g/mol. The fourth-order valence-electron chi connectivity index (χ4n) is 4.58.